The Balaban J connectivity index is 1.55. The van der Waals surface area contributed by atoms with Gasteiger partial charge in [-0.3, -0.25) is 4.98 Å². The van der Waals surface area contributed by atoms with Crippen LogP contribution in [0.2, 0.25) is 0 Å². The van der Waals surface area contributed by atoms with Gasteiger partial charge < -0.3 is 26.0 Å². The molecule has 5 rings (SSSR count). The Morgan fingerprint density at radius 2 is 1.92 bits per heavy atom. The molecule has 3 aromatic heterocycles. The van der Waals surface area contributed by atoms with Gasteiger partial charge in [-0.2, -0.15) is 4.98 Å². The van der Waals surface area contributed by atoms with E-state index in [9.17, 15) is 15.3 Å². The molecule has 9 nitrogen and oxygen atoms in total. The van der Waals surface area contributed by atoms with Gasteiger partial charge in [-0.25, -0.2) is 9.97 Å². The van der Waals surface area contributed by atoms with Crippen molar-refractivity contribution in [2.75, 3.05) is 10.6 Å². The zero-order valence-electron chi connectivity index (χ0n) is 21.5. The lowest BCUT2D eigenvalue weighted by Crippen LogP contribution is -2.40. The third-order valence-corrected chi connectivity index (χ3v) is 8.66. The summed E-state index contributed by atoms with van der Waals surface area (Å²) in [5.74, 6) is 1.26. The van der Waals surface area contributed by atoms with Crippen molar-refractivity contribution in [3.05, 3.63) is 23.7 Å². The van der Waals surface area contributed by atoms with Gasteiger partial charge in [-0.15, -0.1) is 11.3 Å². The van der Waals surface area contributed by atoms with Crippen molar-refractivity contribution in [3.8, 4) is 10.6 Å². The number of thiazole rings is 1. The number of pyridine rings is 1. The summed E-state index contributed by atoms with van der Waals surface area (Å²) in [6.07, 6.45) is 3.33. The van der Waals surface area contributed by atoms with Crippen molar-refractivity contribution in [1.29, 1.82) is 0 Å². The molecule has 2 aliphatic rings. The van der Waals surface area contributed by atoms with Gasteiger partial charge in [-0.05, 0) is 65.4 Å². The molecular weight excluding hydrogens is 476 g/mol. The van der Waals surface area contributed by atoms with Gasteiger partial charge in [0.15, 0.2) is 0 Å². The number of fused-ring (bicyclic) bond motifs is 1. The van der Waals surface area contributed by atoms with Crippen LogP contribution in [-0.2, 0) is 6.42 Å². The maximum atomic E-state index is 10.9. The van der Waals surface area contributed by atoms with E-state index >= 15 is 0 Å². The Labute approximate surface area is 215 Å². The summed E-state index contributed by atoms with van der Waals surface area (Å²) < 4.78 is 1.05. The van der Waals surface area contributed by atoms with Crippen LogP contribution in [0.5, 0.6) is 0 Å². The first kappa shape index (κ1) is 25.3. The summed E-state index contributed by atoms with van der Waals surface area (Å²) in [7, 11) is 0. The first-order valence-corrected chi connectivity index (χ1v) is 13.6. The molecule has 36 heavy (non-hydrogen) atoms. The van der Waals surface area contributed by atoms with Gasteiger partial charge in [-0.1, -0.05) is 6.92 Å². The highest BCUT2D eigenvalue weighted by Crippen LogP contribution is 2.41. The molecule has 5 N–H and O–H groups in total. The Kier molecular flexibility index (Phi) is 6.65. The van der Waals surface area contributed by atoms with E-state index in [4.69, 9.17) is 15.0 Å². The summed E-state index contributed by atoms with van der Waals surface area (Å²) in [4.78, 5) is 19.0. The minimum Gasteiger partial charge on any atom is -0.390 e. The highest BCUT2D eigenvalue weighted by atomic mass is 32.1. The predicted octanol–water partition coefficient (Wildman–Crippen LogP) is 3.52. The minimum atomic E-state index is -1.12. The highest BCUT2D eigenvalue weighted by Gasteiger charge is 2.48. The molecule has 2 fully saturated rings. The van der Waals surface area contributed by atoms with E-state index in [-0.39, 0.29) is 6.04 Å². The van der Waals surface area contributed by atoms with Gasteiger partial charge in [0, 0.05) is 18.2 Å². The molecular formula is C26H36N6O3S. The Bertz CT molecular complexity index is 1250. The second kappa shape index (κ2) is 9.48. The molecule has 5 unspecified atom stereocenters. The van der Waals surface area contributed by atoms with Crippen LogP contribution in [0, 0.1) is 18.8 Å². The molecule has 3 heterocycles. The zero-order valence-corrected chi connectivity index (χ0v) is 22.3. The fourth-order valence-electron chi connectivity index (χ4n) is 5.24. The summed E-state index contributed by atoms with van der Waals surface area (Å²) in [6, 6.07) is 1.75. The minimum absolute atomic E-state index is 0.266. The van der Waals surface area contributed by atoms with Crippen molar-refractivity contribution in [3.63, 3.8) is 0 Å². The summed E-state index contributed by atoms with van der Waals surface area (Å²) >= 11 is 1.56. The first-order chi connectivity index (χ1) is 17.1. The number of aliphatic hydroxyl groups excluding tert-OH is 2. The van der Waals surface area contributed by atoms with E-state index in [1.54, 1.807) is 25.2 Å². The largest absolute Gasteiger partial charge is 0.390 e. The van der Waals surface area contributed by atoms with Crippen LogP contribution in [0.15, 0.2) is 12.3 Å². The van der Waals surface area contributed by atoms with E-state index < -0.39 is 29.8 Å². The van der Waals surface area contributed by atoms with Gasteiger partial charge in [0.1, 0.15) is 22.4 Å². The van der Waals surface area contributed by atoms with Gasteiger partial charge in [0.25, 0.3) is 0 Å². The van der Waals surface area contributed by atoms with E-state index in [1.807, 2.05) is 19.2 Å². The Hall–Kier alpha value is -2.40. The third-order valence-electron chi connectivity index (χ3n) is 7.62. The van der Waals surface area contributed by atoms with Crippen molar-refractivity contribution < 1.29 is 15.3 Å². The molecule has 5 atom stereocenters. The second-order valence-electron chi connectivity index (χ2n) is 10.8. The molecule has 0 radical (unpaired) electrons. The van der Waals surface area contributed by atoms with Crippen LogP contribution < -0.4 is 10.6 Å². The van der Waals surface area contributed by atoms with Crippen LogP contribution >= 0.6 is 11.3 Å². The number of hydrogen-bond donors (Lipinski definition) is 5. The molecule has 0 aromatic carbocycles. The number of nitrogens with zero attached hydrogens (tertiary/aromatic N) is 4. The Morgan fingerprint density at radius 1 is 1.17 bits per heavy atom. The number of nitrogens with one attached hydrogen (secondary N) is 2. The van der Waals surface area contributed by atoms with Crippen LogP contribution in [0.4, 0.5) is 11.8 Å². The van der Waals surface area contributed by atoms with Crippen molar-refractivity contribution >= 4 is 33.3 Å². The highest BCUT2D eigenvalue weighted by molar-refractivity contribution is 7.21. The fraction of sp³-hybridized carbons (Fsp3) is 0.615. The Morgan fingerprint density at radius 3 is 2.56 bits per heavy atom. The molecule has 0 spiro atoms. The molecule has 3 aromatic rings. The summed E-state index contributed by atoms with van der Waals surface area (Å²) in [6.45, 7) is 9.49. The maximum Gasteiger partial charge on any atom is 0.225 e. The number of aliphatic hydroxyl groups is 3. The van der Waals surface area contributed by atoms with Gasteiger partial charge >= 0.3 is 0 Å². The van der Waals surface area contributed by atoms with E-state index in [0.29, 0.717) is 24.1 Å². The first-order valence-electron chi connectivity index (χ1n) is 12.8. The molecule has 0 bridgehead atoms. The topological polar surface area (TPSA) is 136 Å². The summed E-state index contributed by atoms with van der Waals surface area (Å²) in [5, 5.41) is 39.7. The summed E-state index contributed by atoms with van der Waals surface area (Å²) in [5.41, 5.74) is 2.26. The van der Waals surface area contributed by atoms with Crippen LogP contribution in [0.1, 0.15) is 58.3 Å². The van der Waals surface area contributed by atoms with E-state index in [2.05, 4.69) is 29.5 Å². The lowest BCUT2D eigenvalue weighted by atomic mass is 9.88. The molecule has 10 heteroatoms. The van der Waals surface area contributed by atoms with Crippen molar-refractivity contribution in [2.24, 2.45) is 11.8 Å². The average molecular weight is 513 g/mol. The number of anilines is 2. The lowest BCUT2D eigenvalue weighted by Gasteiger charge is -2.28. The van der Waals surface area contributed by atoms with Crippen molar-refractivity contribution in [2.45, 2.75) is 90.2 Å². The molecule has 0 aliphatic heterocycles. The molecule has 2 aliphatic carbocycles. The van der Waals surface area contributed by atoms with E-state index in [1.165, 1.54) is 12.8 Å². The van der Waals surface area contributed by atoms with Crippen LogP contribution in [0.3, 0.4) is 0 Å². The maximum absolute atomic E-state index is 10.9. The van der Waals surface area contributed by atoms with Gasteiger partial charge in [0.05, 0.1) is 39.4 Å². The smallest absolute Gasteiger partial charge is 0.225 e. The van der Waals surface area contributed by atoms with Crippen LogP contribution in [-0.4, -0.2) is 65.1 Å². The van der Waals surface area contributed by atoms with Gasteiger partial charge in [0.2, 0.25) is 5.95 Å². The molecule has 0 saturated heterocycles. The fourth-order valence-corrected chi connectivity index (χ4v) is 6.32. The third kappa shape index (κ3) is 4.79. The molecule has 2 saturated carbocycles. The molecule has 194 valence electrons. The SMILES string of the molecule is CCc1nccc2sc(-c3c(C)nc(NC(C)C4CC4)nc3NC3CC(C(C)(C)O)C(O)C3O)nc12. The van der Waals surface area contributed by atoms with Crippen molar-refractivity contribution in [1.82, 2.24) is 19.9 Å². The number of hydrogen-bond acceptors (Lipinski definition) is 10. The number of rotatable bonds is 8. The normalized spacial score (nSPS) is 25.3. The predicted molar refractivity (Wildman–Crippen MR) is 142 cm³/mol. The standard InChI is InChI=1S/C26H36N6O3S/c1-6-16-20-18(9-10-27-16)36-24(31-20)19-13(3)29-25(28-12(2)14-7-8-14)32-23(19)30-17-11-15(26(4,5)35)21(33)22(17)34/h9-10,12,14-15,17,21-22,33-35H,6-8,11H2,1-5H3,(H2,28,29,30,32). The average Bonchev–Trinajstić information content (AvgIpc) is 3.52. The second-order valence-corrected chi connectivity index (χ2v) is 11.9. The van der Waals surface area contributed by atoms with E-state index in [0.717, 1.165) is 38.6 Å². The van der Waals surface area contributed by atoms with Crippen LogP contribution in [0.25, 0.3) is 20.8 Å². The zero-order chi connectivity index (χ0) is 25.8. The quantitative estimate of drug-likeness (QED) is 0.307. The molecule has 0 amide bonds. The monoisotopic (exact) mass is 512 g/mol. The number of aromatic nitrogens is 4. The lowest BCUT2D eigenvalue weighted by molar-refractivity contribution is -0.0601. The number of aryl methyl sites for hydroxylation is 2.